The Bertz CT molecular complexity index is 271. The molecular formula is C9H20N2O2S. The Kier molecular flexibility index (Phi) is 3.92. The van der Waals surface area contributed by atoms with Crippen LogP contribution >= 0.6 is 0 Å². The summed E-state index contributed by atoms with van der Waals surface area (Å²) < 4.78 is 25.4. The fourth-order valence-corrected chi connectivity index (χ4v) is 2.85. The Morgan fingerprint density at radius 1 is 1.43 bits per heavy atom. The molecule has 1 saturated carbocycles. The highest BCUT2D eigenvalue weighted by atomic mass is 32.2. The minimum absolute atomic E-state index is 0.0662. The predicted octanol–water partition coefficient (Wildman–Crippen LogP) is 0.442. The van der Waals surface area contributed by atoms with Gasteiger partial charge in [-0.15, -0.1) is 0 Å². The van der Waals surface area contributed by atoms with E-state index in [1.54, 1.807) is 0 Å². The van der Waals surface area contributed by atoms with Gasteiger partial charge >= 0.3 is 0 Å². The van der Waals surface area contributed by atoms with E-state index in [1.165, 1.54) is 0 Å². The summed E-state index contributed by atoms with van der Waals surface area (Å²) in [5.74, 6) is 0.510. The number of sulfonamides is 1. The predicted molar refractivity (Wildman–Crippen MR) is 57.4 cm³/mol. The Morgan fingerprint density at radius 3 is 2.43 bits per heavy atom. The molecule has 5 heteroatoms. The molecular weight excluding hydrogens is 200 g/mol. The molecule has 0 aromatic rings. The average molecular weight is 220 g/mol. The van der Waals surface area contributed by atoms with E-state index in [2.05, 4.69) is 18.6 Å². The molecule has 1 aliphatic carbocycles. The first kappa shape index (κ1) is 11.9. The number of hydrogen-bond donors (Lipinski definition) is 2. The first-order valence-electron chi connectivity index (χ1n) is 5.16. The topological polar surface area (TPSA) is 72.2 Å². The monoisotopic (exact) mass is 220 g/mol. The lowest BCUT2D eigenvalue weighted by molar-refractivity contribution is 0.485. The highest BCUT2D eigenvalue weighted by Gasteiger charge is 2.35. The van der Waals surface area contributed by atoms with Gasteiger partial charge in [0.1, 0.15) is 0 Å². The molecule has 0 radical (unpaired) electrons. The second-order valence-corrected chi connectivity index (χ2v) is 6.53. The Labute approximate surface area is 86.3 Å². The average Bonchev–Trinajstić information content (AvgIpc) is 2.81. The molecule has 0 spiro atoms. The van der Waals surface area contributed by atoms with E-state index in [0.717, 1.165) is 19.3 Å². The third-order valence-electron chi connectivity index (χ3n) is 2.28. The van der Waals surface area contributed by atoms with Gasteiger partial charge in [0.15, 0.2) is 0 Å². The molecule has 0 aromatic carbocycles. The fourth-order valence-electron chi connectivity index (χ4n) is 1.41. The second kappa shape index (κ2) is 4.59. The molecule has 0 bridgehead atoms. The summed E-state index contributed by atoms with van der Waals surface area (Å²) in [5, 5.41) is -0.145. The molecule has 1 rings (SSSR count). The minimum Gasteiger partial charge on any atom is -0.327 e. The van der Waals surface area contributed by atoms with Gasteiger partial charge in [0.05, 0.1) is 5.25 Å². The molecule has 14 heavy (non-hydrogen) atoms. The molecule has 4 nitrogen and oxygen atoms in total. The van der Waals surface area contributed by atoms with Crippen molar-refractivity contribution in [3.05, 3.63) is 0 Å². The van der Waals surface area contributed by atoms with E-state index >= 15 is 0 Å². The maximum Gasteiger partial charge on any atom is 0.214 e. The summed E-state index contributed by atoms with van der Waals surface area (Å²) in [6, 6.07) is -0.0662. The van der Waals surface area contributed by atoms with Gasteiger partial charge in [-0.05, 0) is 25.2 Å². The van der Waals surface area contributed by atoms with Crippen molar-refractivity contribution in [2.24, 2.45) is 11.7 Å². The molecule has 1 atom stereocenters. The van der Waals surface area contributed by atoms with E-state index in [1.807, 2.05) is 0 Å². The summed E-state index contributed by atoms with van der Waals surface area (Å²) >= 11 is 0. The van der Waals surface area contributed by atoms with E-state index in [-0.39, 0.29) is 11.3 Å². The molecule has 0 heterocycles. The maximum atomic E-state index is 11.4. The highest BCUT2D eigenvalue weighted by Crippen LogP contribution is 2.27. The van der Waals surface area contributed by atoms with Crippen molar-refractivity contribution in [2.45, 2.75) is 44.4 Å². The maximum absolute atomic E-state index is 11.4. The minimum atomic E-state index is -3.05. The van der Waals surface area contributed by atoms with Crippen LogP contribution in [0.15, 0.2) is 0 Å². The summed E-state index contributed by atoms with van der Waals surface area (Å²) in [5.41, 5.74) is 5.78. The molecule has 3 N–H and O–H groups in total. The molecule has 0 amide bonds. The summed E-state index contributed by atoms with van der Waals surface area (Å²) in [6.45, 7) is 4.53. The second-order valence-electron chi connectivity index (χ2n) is 4.48. The van der Waals surface area contributed by atoms with Crippen LogP contribution in [-0.2, 0) is 10.0 Å². The molecule has 0 aliphatic heterocycles. The molecule has 0 aromatic heterocycles. The van der Waals surface area contributed by atoms with Crippen LogP contribution in [-0.4, -0.2) is 26.3 Å². The zero-order chi connectivity index (χ0) is 10.8. The summed E-state index contributed by atoms with van der Waals surface area (Å²) in [7, 11) is -3.05. The van der Waals surface area contributed by atoms with Crippen LogP contribution in [0, 0.1) is 5.92 Å². The number of hydrogen-bond acceptors (Lipinski definition) is 3. The first-order chi connectivity index (χ1) is 6.42. The third-order valence-corrected chi connectivity index (χ3v) is 4.20. The van der Waals surface area contributed by atoms with Crippen LogP contribution in [0.3, 0.4) is 0 Å². The van der Waals surface area contributed by atoms with Crippen LogP contribution < -0.4 is 10.5 Å². The van der Waals surface area contributed by atoms with E-state index in [0.29, 0.717) is 12.5 Å². The Hall–Kier alpha value is -0.130. The van der Waals surface area contributed by atoms with Gasteiger partial charge < -0.3 is 5.73 Å². The zero-order valence-corrected chi connectivity index (χ0v) is 9.68. The van der Waals surface area contributed by atoms with Crippen molar-refractivity contribution in [1.82, 2.24) is 4.72 Å². The van der Waals surface area contributed by atoms with Gasteiger partial charge in [-0.25, -0.2) is 13.1 Å². The van der Waals surface area contributed by atoms with Crippen LogP contribution in [0.4, 0.5) is 0 Å². The lowest BCUT2D eigenvalue weighted by Crippen LogP contribution is -2.39. The highest BCUT2D eigenvalue weighted by molar-refractivity contribution is 7.90. The summed E-state index contributed by atoms with van der Waals surface area (Å²) in [4.78, 5) is 0. The van der Waals surface area contributed by atoms with E-state index in [4.69, 9.17) is 5.73 Å². The van der Waals surface area contributed by atoms with Crippen molar-refractivity contribution >= 4 is 10.0 Å². The van der Waals surface area contributed by atoms with Crippen molar-refractivity contribution in [1.29, 1.82) is 0 Å². The van der Waals surface area contributed by atoms with E-state index in [9.17, 15) is 8.42 Å². The van der Waals surface area contributed by atoms with Crippen LogP contribution in [0.5, 0.6) is 0 Å². The van der Waals surface area contributed by atoms with Gasteiger partial charge in [0.2, 0.25) is 10.0 Å². The van der Waals surface area contributed by atoms with Gasteiger partial charge in [0, 0.05) is 12.6 Å². The number of nitrogens with two attached hydrogens (primary N) is 1. The Morgan fingerprint density at radius 2 is 2.00 bits per heavy atom. The van der Waals surface area contributed by atoms with Gasteiger partial charge in [-0.3, -0.25) is 0 Å². The first-order valence-corrected chi connectivity index (χ1v) is 6.70. The molecule has 1 fully saturated rings. The smallest absolute Gasteiger partial charge is 0.214 e. The summed E-state index contributed by atoms with van der Waals surface area (Å²) in [6.07, 6.45) is 2.46. The van der Waals surface area contributed by atoms with Crippen LogP contribution in [0.25, 0.3) is 0 Å². The fraction of sp³-hybridized carbons (Fsp3) is 1.00. The zero-order valence-electron chi connectivity index (χ0n) is 8.86. The van der Waals surface area contributed by atoms with Gasteiger partial charge in [0.25, 0.3) is 0 Å². The largest absolute Gasteiger partial charge is 0.327 e. The molecule has 1 aliphatic rings. The van der Waals surface area contributed by atoms with Gasteiger partial charge in [-0.1, -0.05) is 13.8 Å². The standard InChI is InChI=1S/C9H20N2O2S/c1-7(2)5-8(10)6-11-14(12,13)9-3-4-9/h7-9,11H,3-6,10H2,1-2H3. The SMILES string of the molecule is CC(C)CC(N)CNS(=O)(=O)C1CC1. The van der Waals surface area contributed by atoms with Crippen molar-refractivity contribution in [3.63, 3.8) is 0 Å². The van der Waals surface area contributed by atoms with Crippen molar-refractivity contribution in [3.8, 4) is 0 Å². The lowest BCUT2D eigenvalue weighted by atomic mass is 10.1. The van der Waals surface area contributed by atoms with Crippen molar-refractivity contribution < 1.29 is 8.42 Å². The van der Waals surface area contributed by atoms with Crippen LogP contribution in [0.1, 0.15) is 33.1 Å². The third kappa shape index (κ3) is 3.94. The number of nitrogens with one attached hydrogen (secondary N) is 1. The lowest BCUT2D eigenvalue weighted by Gasteiger charge is -2.14. The van der Waals surface area contributed by atoms with Gasteiger partial charge in [-0.2, -0.15) is 0 Å². The molecule has 0 saturated heterocycles. The van der Waals surface area contributed by atoms with Crippen LogP contribution in [0.2, 0.25) is 0 Å². The molecule has 84 valence electrons. The van der Waals surface area contributed by atoms with E-state index < -0.39 is 10.0 Å². The number of rotatable bonds is 6. The molecule has 1 unspecified atom stereocenters. The Balaban J connectivity index is 2.25. The quantitative estimate of drug-likeness (QED) is 0.682. The van der Waals surface area contributed by atoms with Crippen molar-refractivity contribution in [2.75, 3.05) is 6.54 Å². The normalized spacial score (nSPS) is 20.0.